The zero-order chi connectivity index (χ0) is 22.3. The molecule has 8 nitrogen and oxygen atoms in total. The van der Waals surface area contributed by atoms with Crippen LogP contribution >= 0.6 is 0 Å². The van der Waals surface area contributed by atoms with Gasteiger partial charge < -0.3 is 23.7 Å². The highest BCUT2D eigenvalue weighted by Gasteiger charge is 2.64. The second-order valence-corrected chi connectivity index (χ2v) is 9.44. The normalized spacial score (nSPS) is 38.6. The van der Waals surface area contributed by atoms with Crippen molar-refractivity contribution in [1.29, 1.82) is 0 Å². The molecule has 4 rings (SSSR count). The quantitative estimate of drug-likeness (QED) is 0.378. The Hall–Kier alpha value is -2.19. The lowest BCUT2D eigenvalue weighted by atomic mass is 9.75. The van der Waals surface area contributed by atoms with Crippen LogP contribution in [0.5, 0.6) is 0 Å². The Balaban J connectivity index is 1.61. The number of rotatable bonds is 4. The summed E-state index contributed by atoms with van der Waals surface area (Å²) in [7, 11) is 0. The zero-order valence-electron chi connectivity index (χ0n) is 18.4. The minimum atomic E-state index is -1.08. The van der Waals surface area contributed by atoms with Crippen molar-refractivity contribution in [3.8, 4) is 0 Å². The Kier molecular flexibility index (Phi) is 5.96. The van der Waals surface area contributed by atoms with Crippen LogP contribution < -0.4 is 0 Å². The van der Waals surface area contributed by atoms with Crippen LogP contribution in [0.25, 0.3) is 0 Å². The molecule has 1 saturated carbocycles. The molecule has 6 atom stereocenters. The van der Waals surface area contributed by atoms with Gasteiger partial charge in [0.05, 0.1) is 11.8 Å². The lowest BCUT2D eigenvalue weighted by Crippen LogP contribution is -2.38. The van der Waals surface area contributed by atoms with E-state index in [2.05, 4.69) is 13.8 Å². The van der Waals surface area contributed by atoms with Crippen molar-refractivity contribution >= 4 is 17.9 Å². The van der Waals surface area contributed by atoms with E-state index in [1.807, 2.05) is 12.2 Å². The number of carbonyl (C=O) groups excluding carboxylic acids is 3. The summed E-state index contributed by atoms with van der Waals surface area (Å²) in [6.45, 7) is 7.43. The van der Waals surface area contributed by atoms with Gasteiger partial charge in [0.1, 0.15) is 0 Å². The van der Waals surface area contributed by atoms with Crippen molar-refractivity contribution in [2.75, 3.05) is 0 Å². The smallest absolute Gasteiger partial charge is 0.336 e. The van der Waals surface area contributed by atoms with Crippen LogP contribution in [0.4, 0.5) is 0 Å². The molecule has 4 aliphatic rings. The number of hydrogen-bond donors (Lipinski definition) is 0. The maximum Gasteiger partial charge on any atom is 0.336 e. The van der Waals surface area contributed by atoms with E-state index in [9.17, 15) is 14.4 Å². The fraction of sp³-hybridized carbons (Fsp3) is 0.696. The van der Waals surface area contributed by atoms with Crippen LogP contribution in [0.3, 0.4) is 0 Å². The summed E-state index contributed by atoms with van der Waals surface area (Å²) in [4.78, 5) is 36.1. The summed E-state index contributed by atoms with van der Waals surface area (Å²) in [5.41, 5.74) is 2.02. The second kappa shape index (κ2) is 8.39. The van der Waals surface area contributed by atoms with Crippen LogP contribution in [0.15, 0.2) is 23.3 Å². The minimum Gasteiger partial charge on any atom is -0.455 e. The van der Waals surface area contributed by atoms with Gasteiger partial charge in [-0.2, -0.15) is 0 Å². The standard InChI is InChI=1S/C23H30O8/c1-5-15(25)28-18-17-16-14(9-8-13-7-6-10-23(3,4)11-13)19(26)29-20(16)30-21(17)31-22(18)27-12(2)24/h8-9,16-18,20-22H,5-7,10-11H2,1-4H3/b13-8+,14-9-/t16-,17-,18-,20+,21+,22-/m1/s1. The Morgan fingerprint density at radius 3 is 2.61 bits per heavy atom. The van der Waals surface area contributed by atoms with E-state index in [4.69, 9.17) is 23.7 Å². The predicted molar refractivity (Wildman–Crippen MR) is 107 cm³/mol. The van der Waals surface area contributed by atoms with Crippen molar-refractivity contribution in [3.63, 3.8) is 0 Å². The number of carbonyl (C=O) groups is 3. The van der Waals surface area contributed by atoms with Crippen molar-refractivity contribution in [2.24, 2.45) is 17.3 Å². The van der Waals surface area contributed by atoms with Gasteiger partial charge in [-0.15, -0.1) is 0 Å². The van der Waals surface area contributed by atoms with Gasteiger partial charge in [-0.1, -0.05) is 38.5 Å². The van der Waals surface area contributed by atoms with E-state index < -0.39 is 54.7 Å². The molecule has 3 aliphatic heterocycles. The molecule has 0 unspecified atom stereocenters. The van der Waals surface area contributed by atoms with E-state index >= 15 is 0 Å². The van der Waals surface area contributed by atoms with E-state index in [1.165, 1.54) is 18.9 Å². The highest BCUT2D eigenvalue weighted by Crippen LogP contribution is 2.51. The summed E-state index contributed by atoms with van der Waals surface area (Å²) < 4.78 is 27.7. The van der Waals surface area contributed by atoms with E-state index in [1.54, 1.807) is 6.92 Å². The first kappa shape index (κ1) is 22.0. The summed E-state index contributed by atoms with van der Waals surface area (Å²) in [5, 5.41) is 0. The second-order valence-electron chi connectivity index (χ2n) is 9.44. The van der Waals surface area contributed by atoms with Gasteiger partial charge in [0, 0.05) is 18.9 Å². The van der Waals surface area contributed by atoms with Crippen LogP contribution in [0, 0.1) is 17.3 Å². The molecule has 3 heterocycles. The third-order valence-electron chi connectivity index (χ3n) is 6.42. The molecule has 0 N–H and O–H groups in total. The van der Waals surface area contributed by atoms with Gasteiger partial charge in [-0.3, -0.25) is 9.59 Å². The largest absolute Gasteiger partial charge is 0.455 e. The Morgan fingerprint density at radius 2 is 1.94 bits per heavy atom. The Morgan fingerprint density at radius 1 is 1.16 bits per heavy atom. The van der Waals surface area contributed by atoms with Gasteiger partial charge in [-0.05, 0) is 31.1 Å². The molecule has 0 aromatic rings. The molecule has 0 bridgehead atoms. The number of allylic oxidation sites excluding steroid dienone is 3. The number of esters is 3. The average molecular weight is 434 g/mol. The molecule has 8 heteroatoms. The van der Waals surface area contributed by atoms with Gasteiger partial charge >= 0.3 is 17.9 Å². The minimum absolute atomic E-state index is 0.162. The molecule has 0 spiro atoms. The van der Waals surface area contributed by atoms with Crippen LogP contribution in [0.1, 0.15) is 59.8 Å². The van der Waals surface area contributed by atoms with Crippen LogP contribution in [-0.4, -0.2) is 42.9 Å². The predicted octanol–water partition coefficient (Wildman–Crippen LogP) is 3.15. The van der Waals surface area contributed by atoms with Crippen molar-refractivity contribution in [3.05, 3.63) is 23.3 Å². The Labute approximate surface area is 181 Å². The molecule has 31 heavy (non-hydrogen) atoms. The number of ether oxygens (including phenoxy) is 5. The zero-order valence-corrected chi connectivity index (χ0v) is 18.4. The molecule has 1 aliphatic carbocycles. The summed E-state index contributed by atoms with van der Waals surface area (Å²) in [5.74, 6) is -2.43. The first-order valence-corrected chi connectivity index (χ1v) is 11.0. The van der Waals surface area contributed by atoms with Crippen molar-refractivity contribution in [2.45, 2.75) is 84.8 Å². The molecule has 0 aromatic carbocycles. The van der Waals surface area contributed by atoms with Gasteiger partial charge in [-0.25, -0.2) is 4.79 Å². The van der Waals surface area contributed by atoms with Crippen molar-refractivity contribution in [1.82, 2.24) is 0 Å². The van der Waals surface area contributed by atoms with Crippen LogP contribution in [0.2, 0.25) is 0 Å². The molecule has 0 amide bonds. The van der Waals surface area contributed by atoms with Crippen molar-refractivity contribution < 1.29 is 38.1 Å². The van der Waals surface area contributed by atoms with Gasteiger partial charge in [0.2, 0.25) is 12.6 Å². The lowest BCUT2D eigenvalue weighted by molar-refractivity contribution is -0.244. The fourth-order valence-electron chi connectivity index (χ4n) is 5.04. The van der Waals surface area contributed by atoms with E-state index in [0.29, 0.717) is 5.57 Å². The van der Waals surface area contributed by atoms with E-state index in [0.717, 1.165) is 19.3 Å². The number of hydrogen-bond acceptors (Lipinski definition) is 8. The Bertz CT molecular complexity index is 825. The lowest BCUT2D eigenvalue weighted by Gasteiger charge is -2.31. The van der Waals surface area contributed by atoms with Gasteiger partial charge in [0.15, 0.2) is 12.4 Å². The van der Waals surface area contributed by atoms with E-state index in [-0.39, 0.29) is 11.8 Å². The third-order valence-corrected chi connectivity index (χ3v) is 6.42. The maximum absolute atomic E-state index is 12.6. The molecule has 3 saturated heterocycles. The molecule has 0 radical (unpaired) electrons. The average Bonchev–Trinajstić information content (AvgIpc) is 3.27. The monoisotopic (exact) mass is 434 g/mol. The van der Waals surface area contributed by atoms with Crippen LogP contribution in [-0.2, 0) is 38.1 Å². The molecule has 0 aromatic heterocycles. The number of fused-ring (bicyclic) bond motifs is 3. The molecule has 4 fully saturated rings. The summed E-state index contributed by atoms with van der Waals surface area (Å²) in [6, 6.07) is 0. The summed E-state index contributed by atoms with van der Waals surface area (Å²) in [6.07, 6.45) is 4.72. The highest BCUT2D eigenvalue weighted by atomic mass is 16.8. The third kappa shape index (κ3) is 4.41. The summed E-state index contributed by atoms with van der Waals surface area (Å²) >= 11 is 0. The molecular formula is C23H30O8. The fourth-order valence-corrected chi connectivity index (χ4v) is 5.04. The maximum atomic E-state index is 12.6. The molecule has 170 valence electrons. The first-order chi connectivity index (χ1) is 14.7. The first-order valence-electron chi connectivity index (χ1n) is 11.0. The van der Waals surface area contributed by atoms with Gasteiger partial charge in [0.25, 0.3) is 0 Å². The topological polar surface area (TPSA) is 97.4 Å². The molecular weight excluding hydrogens is 404 g/mol. The SMILES string of the molecule is CCC(=O)O[C@H]1[C@H](OC(C)=O)O[C@@H]2O[C@@H]3OC(=O)/C(=C\C=C4/CCCC(C)(C)C4)[C@@H]3[C@@H]21. The highest BCUT2D eigenvalue weighted by molar-refractivity contribution is 5.92.